The van der Waals surface area contributed by atoms with E-state index in [0.717, 1.165) is 12.1 Å². The molecule has 0 saturated heterocycles. The average Bonchev–Trinajstić information content (AvgIpc) is 2.26. The van der Waals surface area contributed by atoms with E-state index < -0.39 is 24.5 Å². The van der Waals surface area contributed by atoms with E-state index in [1.165, 1.54) is 14.2 Å². The summed E-state index contributed by atoms with van der Waals surface area (Å²) in [6.45, 7) is 0. The van der Waals surface area contributed by atoms with Crippen molar-refractivity contribution in [2.45, 2.75) is 18.6 Å². The normalized spacial score (nSPS) is 13.3. The van der Waals surface area contributed by atoms with Crippen molar-refractivity contribution in [1.29, 1.82) is 0 Å². The lowest BCUT2D eigenvalue weighted by Crippen LogP contribution is -2.21. The zero-order chi connectivity index (χ0) is 13.9. The molecule has 1 aromatic carbocycles. The second-order valence-corrected chi connectivity index (χ2v) is 3.65. The number of ether oxygens (including phenoxy) is 2. The highest BCUT2D eigenvalue weighted by atomic mass is 19.4. The van der Waals surface area contributed by atoms with Crippen LogP contribution in [0.5, 0.6) is 11.5 Å². The third-order valence-corrected chi connectivity index (χ3v) is 2.35. The molecule has 102 valence electrons. The second kappa shape index (κ2) is 5.43. The van der Waals surface area contributed by atoms with Gasteiger partial charge in [0.15, 0.2) is 11.5 Å². The van der Waals surface area contributed by atoms with Crippen molar-refractivity contribution in [2.24, 2.45) is 5.73 Å². The Morgan fingerprint density at radius 1 is 1.17 bits per heavy atom. The van der Waals surface area contributed by atoms with Crippen LogP contribution in [0.2, 0.25) is 0 Å². The van der Waals surface area contributed by atoms with E-state index in [0.29, 0.717) is 0 Å². The molecule has 1 unspecified atom stereocenters. The molecule has 0 heterocycles. The Kier molecular flexibility index (Phi) is 4.39. The van der Waals surface area contributed by atoms with Gasteiger partial charge in [-0.15, -0.1) is 0 Å². The Balaban J connectivity index is 3.09. The van der Waals surface area contributed by atoms with Gasteiger partial charge in [-0.25, -0.2) is 4.39 Å². The molecule has 0 aromatic heterocycles. The van der Waals surface area contributed by atoms with E-state index in [9.17, 15) is 17.6 Å². The molecule has 0 radical (unpaired) electrons. The summed E-state index contributed by atoms with van der Waals surface area (Å²) in [5, 5.41) is 0. The van der Waals surface area contributed by atoms with Crippen molar-refractivity contribution >= 4 is 0 Å². The van der Waals surface area contributed by atoms with E-state index in [1.807, 2.05) is 0 Å². The van der Waals surface area contributed by atoms with Crippen molar-refractivity contribution in [3.05, 3.63) is 23.5 Å². The lowest BCUT2D eigenvalue weighted by molar-refractivity contribution is -0.138. The van der Waals surface area contributed by atoms with Crippen LogP contribution in [0.4, 0.5) is 17.6 Å². The van der Waals surface area contributed by atoms with Crippen LogP contribution in [0.1, 0.15) is 18.0 Å². The summed E-state index contributed by atoms with van der Waals surface area (Å²) in [6.07, 6.45) is -5.77. The molecule has 0 fully saturated rings. The minimum atomic E-state index is -4.46. The van der Waals surface area contributed by atoms with Gasteiger partial charge in [-0.1, -0.05) is 0 Å². The van der Waals surface area contributed by atoms with E-state index in [1.54, 1.807) is 0 Å². The highest BCUT2D eigenvalue weighted by molar-refractivity contribution is 5.44. The number of benzene rings is 1. The van der Waals surface area contributed by atoms with Crippen LogP contribution in [0, 0.1) is 5.82 Å². The summed E-state index contributed by atoms with van der Waals surface area (Å²) < 4.78 is 59.9. The molecule has 3 nitrogen and oxygen atoms in total. The lowest BCUT2D eigenvalue weighted by Gasteiger charge is -2.17. The summed E-state index contributed by atoms with van der Waals surface area (Å²) in [5.74, 6) is -0.631. The molecule has 0 saturated carbocycles. The number of rotatable bonds is 4. The van der Waals surface area contributed by atoms with Crippen LogP contribution >= 0.6 is 0 Å². The third kappa shape index (κ3) is 3.49. The van der Waals surface area contributed by atoms with Gasteiger partial charge >= 0.3 is 6.18 Å². The van der Waals surface area contributed by atoms with Gasteiger partial charge in [-0.3, -0.25) is 0 Å². The molecule has 0 amide bonds. The van der Waals surface area contributed by atoms with Crippen molar-refractivity contribution in [2.75, 3.05) is 14.2 Å². The number of alkyl halides is 3. The van der Waals surface area contributed by atoms with Crippen LogP contribution < -0.4 is 15.2 Å². The van der Waals surface area contributed by atoms with Gasteiger partial charge in [0.05, 0.1) is 20.6 Å². The molecule has 1 rings (SSSR count). The molecule has 0 aliphatic carbocycles. The predicted octanol–water partition coefficient (Wildman–Crippen LogP) is 2.80. The Hall–Kier alpha value is -1.50. The first-order valence-corrected chi connectivity index (χ1v) is 5.02. The molecule has 0 spiro atoms. The largest absolute Gasteiger partial charge is 0.493 e. The maximum Gasteiger partial charge on any atom is 0.390 e. The first kappa shape index (κ1) is 14.6. The van der Waals surface area contributed by atoms with E-state index in [-0.39, 0.29) is 17.1 Å². The maximum atomic E-state index is 13.6. The van der Waals surface area contributed by atoms with Crippen LogP contribution in [0.15, 0.2) is 12.1 Å². The number of hydrogen-bond donors (Lipinski definition) is 1. The Morgan fingerprint density at radius 2 is 1.67 bits per heavy atom. The molecule has 2 N–H and O–H groups in total. The van der Waals surface area contributed by atoms with Gasteiger partial charge in [0, 0.05) is 17.7 Å². The quantitative estimate of drug-likeness (QED) is 0.853. The molecule has 0 bridgehead atoms. The monoisotopic (exact) mass is 267 g/mol. The van der Waals surface area contributed by atoms with Crippen molar-refractivity contribution in [3.8, 4) is 11.5 Å². The minimum Gasteiger partial charge on any atom is -0.493 e. The second-order valence-electron chi connectivity index (χ2n) is 3.65. The van der Waals surface area contributed by atoms with E-state index >= 15 is 0 Å². The zero-order valence-electron chi connectivity index (χ0n) is 9.84. The Labute approximate surface area is 101 Å². The fraction of sp³-hybridized carbons (Fsp3) is 0.455. The first-order valence-electron chi connectivity index (χ1n) is 5.02. The number of hydrogen-bond acceptors (Lipinski definition) is 3. The molecular weight excluding hydrogens is 254 g/mol. The van der Waals surface area contributed by atoms with Gasteiger partial charge in [0.2, 0.25) is 0 Å². The van der Waals surface area contributed by atoms with Crippen LogP contribution in [-0.2, 0) is 0 Å². The van der Waals surface area contributed by atoms with Crippen molar-refractivity contribution in [1.82, 2.24) is 0 Å². The Morgan fingerprint density at radius 3 is 2.11 bits per heavy atom. The number of halogens is 4. The van der Waals surface area contributed by atoms with E-state index in [4.69, 9.17) is 15.2 Å². The van der Waals surface area contributed by atoms with Crippen LogP contribution in [0.25, 0.3) is 0 Å². The summed E-state index contributed by atoms with van der Waals surface area (Å²) in [5.41, 5.74) is 5.08. The third-order valence-electron chi connectivity index (χ3n) is 2.35. The molecular formula is C11H13F4NO2. The highest BCUT2D eigenvalue weighted by Crippen LogP contribution is 2.35. The smallest absolute Gasteiger partial charge is 0.390 e. The minimum absolute atomic E-state index is 0.0953. The Bertz CT molecular complexity index is 420. The maximum absolute atomic E-state index is 13.6. The lowest BCUT2D eigenvalue weighted by atomic mass is 10.0. The highest BCUT2D eigenvalue weighted by Gasteiger charge is 2.32. The molecule has 1 atom stereocenters. The fourth-order valence-electron chi connectivity index (χ4n) is 1.51. The van der Waals surface area contributed by atoms with Crippen LogP contribution in [-0.4, -0.2) is 20.4 Å². The van der Waals surface area contributed by atoms with Gasteiger partial charge in [-0.05, 0) is 6.07 Å². The summed E-state index contributed by atoms with van der Waals surface area (Å²) in [7, 11) is 2.60. The van der Waals surface area contributed by atoms with E-state index in [2.05, 4.69) is 0 Å². The molecule has 0 aliphatic heterocycles. The van der Waals surface area contributed by atoms with Crippen molar-refractivity contribution < 1.29 is 27.0 Å². The summed E-state index contributed by atoms with van der Waals surface area (Å²) in [4.78, 5) is 0. The van der Waals surface area contributed by atoms with Gasteiger partial charge in [0.1, 0.15) is 5.82 Å². The predicted molar refractivity (Wildman–Crippen MR) is 57.1 cm³/mol. The molecule has 0 aliphatic rings. The first-order chi connectivity index (χ1) is 8.28. The van der Waals surface area contributed by atoms with Crippen LogP contribution in [0.3, 0.4) is 0 Å². The fourth-order valence-corrected chi connectivity index (χ4v) is 1.51. The molecule has 1 aromatic rings. The van der Waals surface area contributed by atoms with Gasteiger partial charge in [-0.2, -0.15) is 13.2 Å². The summed E-state index contributed by atoms with van der Waals surface area (Å²) >= 11 is 0. The van der Waals surface area contributed by atoms with Crippen molar-refractivity contribution in [3.63, 3.8) is 0 Å². The topological polar surface area (TPSA) is 44.5 Å². The summed E-state index contributed by atoms with van der Waals surface area (Å²) in [6, 6.07) is 0.583. The number of nitrogens with two attached hydrogens (primary N) is 1. The SMILES string of the molecule is COc1cc(F)c(C(N)CC(F)(F)F)cc1OC. The standard InChI is InChI=1S/C11H13F4NO2/c1-17-9-3-6(7(12)4-10(9)18-2)8(16)5-11(13,14)15/h3-4,8H,5,16H2,1-2H3. The van der Waals surface area contributed by atoms with Gasteiger partial charge < -0.3 is 15.2 Å². The molecule has 7 heteroatoms. The van der Waals surface area contributed by atoms with Gasteiger partial charge in [0.25, 0.3) is 0 Å². The number of methoxy groups -OCH3 is 2. The molecule has 18 heavy (non-hydrogen) atoms. The average molecular weight is 267 g/mol. The zero-order valence-corrected chi connectivity index (χ0v) is 9.84.